The first kappa shape index (κ1) is 13.8. The molecule has 5 heteroatoms. The molecule has 0 aromatic heterocycles. The number of aliphatic hydroxyl groups excluding tert-OH is 1. The highest BCUT2D eigenvalue weighted by atomic mass is 32.2. The van der Waals surface area contributed by atoms with Crippen LogP contribution >= 0.6 is 0 Å². The van der Waals surface area contributed by atoms with Crippen molar-refractivity contribution in [2.45, 2.75) is 26.8 Å². The Labute approximate surface area is 114 Å². The third-order valence-electron chi connectivity index (χ3n) is 3.60. The fourth-order valence-electron chi connectivity index (χ4n) is 2.36. The standard InChI is InChI=1S/C14H17NO3S/c1-9-4-6-12(7-5-9)15-11(3)10(2)13(8-16)14(15)19(17)18/h4-7,11,16H,8H2,1-3H3. The summed E-state index contributed by atoms with van der Waals surface area (Å²) in [5.74, 6) is 0. The zero-order valence-electron chi connectivity index (χ0n) is 11.2. The van der Waals surface area contributed by atoms with E-state index < -0.39 is 10.3 Å². The van der Waals surface area contributed by atoms with Crippen LogP contribution in [0.4, 0.5) is 5.69 Å². The topological polar surface area (TPSA) is 57.6 Å². The molecule has 1 aromatic rings. The summed E-state index contributed by atoms with van der Waals surface area (Å²) in [6, 6.07) is 7.61. The van der Waals surface area contributed by atoms with Crippen molar-refractivity contribution in [2.75, 3.05) is 11.5 Å². The van der Waals surface area contributed by atoms with Crippen LogP contribution in [0.3, 0.4) is 0 Å². The van der Waals surface area contributed by atoms with Gasteiger partial charge in [0.1, 0.15) is 0 Å². The molecule has 0 spiro atoms. The maximum Gasteiger partial charge on any atom is 0.238 e. The van der Waals surface area contributed by atoms with Crippen LogP contribution in [0.25, 0.3) is 0 Å². The van der Waals surface area contributed by atoms with E-state index in [9.17, 15) is 13.5 Å². The van der Waals surface area contributed by atoms with Gasteiger partial charge in [-0.15, -0.1) is 0 Å². The lowest BCUT2D eigenvalue weighted by Gasteiger charge is -2.25. The van der Waals surface area contributed by atoms with Crippen LogP contribution in [0.15, 0.2) is 35.4 Å². The lowest BCUT2D eigenvalue weighted by Crippen LogP contribution is -2.34. The lowest BCUT2D eigenvalue weighted by atomic mass is 10.1. The molecular weight excluding hydrogens is 262 g/mol. The molecule has 4 nitrogen and oxygen atoms in total. The molecule has 0 amide bonds. The molecule has 0 saturated carbocycles. The maximum absolute atomic E-state index is 11.5. The second-order valence-electron chi connectivity index (χ2n) is 4.74. The van der Waals surface area contributed by atoms with E-state index in [1.165, 1.54) is 0 Å². The predicted molar refractivity (Wildman–Crippen MR) is 76.8 cm³/mol. The molecule has 0 saturated heterocycles. The van der Waals surface area contributed by atoms with Gasteiger partial charge >= 0.3 is 0 Å². The number of hydrogen-bond donors (Lipinski definition) is 1. The van der Waals surface area contributed by atoms with Crippen molar-refractivity contribution in [3.8, 4) is 0 Å². The maximum atomic E-state index is 11.5. The Bertz CT molecular complexity index is 648. The van der Waals surface area contributed by atoms with Crippen molar-refractivity contribution in [3.63, 3.8) is 0 Å². The SMILES string of the molecule is CC1=C(CO)C(=S(=O)=O)N(c2ccc(C)cc2)C1C. The Morgan fingerprint density at radius 2 is 1.79 bits per heavy atom. The number of nitrogens with zero attached hydrogens (tertiary/aromatic N) is 1. The van der Waals surface area contributed by atoms with Gasteiger partial charge < -0.3 is 10.0 Å². The first-order valence-corrected chi connectivity index (χ1v) is 7.17. The quantitative estimate of drug-likeness (QED) is 0.834. The smallest absolute Gasteiger partial charge is 0.238 e. The monoisotopic (exact) mass is 279 g/mol. The number of anilines is 1. The van der Waals surface area contributed by atoms with E-state index >= 15 is 0 Å². The highest BCUT2D eigenvalue weighted by molar-refractivity contribution is 7.73. The minimum atomic E-state index is -2.37. The molecule has 0 bridgehead atoms. The van der Waals surface area contributed by atoms with E-state index in [0.29, 0.717) is 5.57 Å². The molecule has 1 unspecified atom stereocenters. The normalized spacial score (nSPS) is 19.3. The van der Waals surface area contributed by atoms with Crippen LogP contribution in [-0.4, -0.2) is 31.2 Å². The Morgan fingerprint density at radius 1 is 1.21 bits per heavy atom. The van der Waals surface area contributed by atoms with Gasteiger partial charge in [0.15, 0.2) is 4.99 Å². The molecule has 1 aliphatic rings. The van der Waals surface area contributed by atoms with E-state index in [-0.39, 0.29) is 17.6 Å². The highest BCUT2D eigenvalue weighted by Crippen LogP contribution is 2.31. The molecule has 1 heterocycles. The van der Waals surface area contributed by atoms with E-state index in [1.807, 2.05) is 45.0 Å². The zero-order chi connectivity index (χ0) is 14.2. The van der Waals surface area contributed by atoms with E-state index in [1.54, 1.807) is 4.90 Å². The van der Waals surface area contributed by atoms with Crippen molar-refractivity contribution < 1.29 is 13.5 Å². The molecule has 1 aromatic carbocycles. The number of rotatable bonds is 2. The first-order chi connectivity index (χ1) is 8.97. The van der Waals surface area contributed by atoms with Gasteiger partial charge in [0, 0.05) is 11.3 Å². The van der Waals surface area contributed by atoms with Gasteiger partial charge in [-0.1, -0.05) is 17.7 Å². The summed E-state index contributed by atoms with van der Waals surface area (Å²) >= 11 is 0. The molecule has 1 aliphatic heterocycles. The number of hydrogen-bond acceptors (Lipinski definition) is 3. The molecule has 0 aliphatic carbocycles. The molecule has 19 heavy (non-hydrogen) atoms. The summed E-state index contributed by atoms with van der Waals surface area (Å²) in [6.07, 6.45) is 0. The van der Waals surface area contributed by atoms with Crippen molar-refractivity contribution >= 4 is 21.0 Å². The third kappa shape index (κ3) is 2.31. The van der Waals surface area contributed by atoms with Crippen molar-refractivity contribution in [1.82, 2.24) is 0 Å². The second kappa shape index (κ2) is 5.19. The van der Waals surface area contributed by atoms with Gasteiger partial charge in [0.05, 0.1) is 12.6 Å². The highest BCUT2D eigenvalue weighted by Gasteiger charge is 2.33. The Hall–Kier alpha value is -1.59. The first-order valence-electron chi connectivity index (χ1n) is 6.10. The van der Waals surface area contributed by atoms with Crippen molar-refractivity contribution in [2.24, 2.45) is 0 Å². The van der Waals surface area contributed by atoms with Crippen LogP contribution in [0.2, 0.25) is 0 Å². The fourth-order valence-corrected chi connectivity index (χ4v) is 3.21. The summed E-state index contributed by atoms with van der Waals surface area (Å²) in [4.78, 5) is 1.93. The van der Waals surface area contributed by atoms with Gasteiger partial charge in [-0.2, -0.15) is 8.42 Å². The molecule has 0 radical (unpaired) electrons. The lowest BCUT2D eigenvalue weighted by molar-refractivity contribution is 0.336. The summed E-state index contributed by atoms with van der Waals surface area (Å²) in [7, 11) is -2.37. The van der Waals surface area contributed by atoms with Crippen LogP contribution < -0.4 is 4.90 Å². The third-order valence-corrected chi connectivity index (χ3v) is 4.35. The molecule has 0 fully saturated rings. The predicted octanol–water partition coefficient (Wildman–Crippen LogP) is 1.52. The minimum absolute atomic E-state index is 0.0715. The average molecular weight is 279 g/mol. The van der Waals surface area contributed by atoms with Crippen LogP contribution in [0.5, 0.6) is 0 Å². The minimum Gasteiger partial charge on any atom is -0.392 e. The Morgan fingerprint density at radius 3 is 2.26 bits per heavy atom. The van der Waals surface area contributed by atoms with E-state index in [4.69, 9.17) is 0 Å². The van der Waals surface area contributed by atoms with Crippen LogP contribution in [0.1, 0.15) is 19.4 Å². The second-order valence-corrected chi connectivity index (χ2v) is 5.60. The van der Waals surface area contributed by atoms with Gasteiger partial charge in [-0.05, 0) is 38.5 Å². The molecular formula is C14H17NO3S. The van der Waals surface area contributed by atoms with E-state index in [2.05, 4.69) is 0 Å². The van der Waals surface area contributed by atoms with Gasteiger partial charge in [0.2, 0.25) is 10.3 Å². The number of benzene rings is 1. The van der Waals surface area contributed by atoms with Gasteiger partial charge in [-0.25, -0.2) is 0 Å². The molecule has 2 rings (SSSR count). The largest absolute Gasteiger partial charge is 0.392 e. The Kier molecular flexibility index (Phi) is 3.78. The fraction of sp³-hybridized carbons (Fsp3) is 0.357. The molecule has 102 valence electrons. The molecule has 1 N–H and O–H groups in total. The number of aliphatic hydroxyl groups is 1. The van der Waals surface area contributed by atoms with Crippen LogP contribution in [-0.2, 0) is 10.3 Å². The zero-order valence-corrected chi connectivity index (χ0v) is 12.0. The van der Waals surface area contributed by atoms with Crippen LogP contribution in [0, 0.1) is 6.92 Å². The summed E-state index contributed by atoms with van der Waals surface area (Å²) < 4.78 is 23.0. The van der Waals surface area contributed by atoms with Gasteiger partial charge in [-0.3, -0.25) is 0 Å². The van der Waals surface area contributed by atoms with Crippen molar-refractivity contribution in [1.29, 1.82) is 0 Å². The average Bonchev–Trinajstić information content (AvgIpc) is 2.63. The molecule has 1 atom stereocenters. The number of aryl methyl sites for hydroxylation is 1. The van der Waals surface area contributed by atoms with Gasteiger partial charge in [0.25, 0.3) is 0 Å². The van der Waals surface area contributed by atoms with E-state index in [0.717, 1.165) is 16.8 Å². The van der Waals surface area contributed by atoms with Crippen molar-refractivity contribution in [3.05, 3.63) is 41.0 Å². The summed E-state index contributed by atoms with van der Waals surface area (Å²) in [5.41, 5.74) is 3.33. The Balaban J connectivity index is 2.59. The summed E-state index contributed by atoms with van der Waals surface area (Å²) in [5, 5.41) is 9.40. The summed E-state index contributed by atoms with van der Waals surface area (Å²) in [6.45, 7) is 5.51.